The van der Waals surface area contributed by atoms with Gasteiger partial charge in [-0.3, -0.25) is 9.78 Å². The molecule has 24 heavy (non-hydrogen) atoms. The van der Waals surface area contributed by atoms with Gasteiger partial charge in [-0.1, -0.05) is 18.2 Å². The van der Waals surface area contributed by atoms with Gasteiger partial charge in [0.15, 0.2) is 0 Å². The number of pyridine rings is 1. The van der Waals surface area contributed by atoms with Crippen LogP contribution in [0.4, 0.5) is 0 Å². The Balaban J connectivity index is 1.98. The quantitative estimate of drug-likeness (QED) is 0.820. The second-order valence-electron chi connectivity index (χ2n) is 5.13. The number of amides is 1. The molecule has 1 amide bonds. The van der Waals surface area contributed by atoms with Gasteiger partial charge in [-0.25, -0.2) is 17.9 Å². The highest BCUT2D eigenvalue weighted by molar-refractivity contribution is 7.89. The summed E-state index contributed by atoms with van der Waals surface area (Å²) >= 11 is 0. The van der Waals surface area contributed by atoms with Crippen LogP contribution in [0.25, 0.3) is 0 Å². The first-order chi connectivity index (χ1) is 11.3. The van der Waals surface area contributed by atoms with Crippen molar-refractivity contribution in [1.82, 2.24) is 9.71 Å². The third-order valence-corrected chi connectivity index (χ3v) is 3.64. The molecule has 0 spiro atoms. The van der Waals surface area contributed by atoms with Gasteiger partial charge >= 0.3 is 5.97 Å². The predicted molar refractivity (Wildman–Crippen MR) is 86.8 cm³/mol. The first-order valence-corrected chi connectivity index (χ1v) is 8.85. The van der Waals surface area contributed by atoms with Crippen molar-refractivity contribution in [1.29, 1.82) is 0 Å². The Hall–Kier alpha value is -2.74. The molecule has 1 N–H and O–H groups in total. The van der Waals surface area contributed by atoms with E-state index in [-0.39, 0.29) is 12.2 Å². The number of hydrogen-bond donors (Lipinski definition) is 1. The maximum Gasteiger partial charge on any atom is 0.338 e. The summed E-state index contributed by atoms with van der Waals surface area (Å²) in [6.45, 7) is 1.76. The van der Waals surface area contributed by atoms with Crippen molar-refractivity contribution in [2.75, 3.05) is 6.26 Å². The van der Waals surface area contributed by atoms with Gasteiger partial charge in [0.25, 0.3) is 5.91 Å². The van der Waals surface area contributed by atoms with E-state index in [4.69, 9.17) is 4.74 Å². The smallest absolute Gasteiger partial charge is 0.338 e. The first-order valence-electron chi connectivity index (χ1n) is 6.96. The fraction of sp³-hybridized carbons (Fsp3) is 0.188. The minimum absolute atomic E-state index is 0.0544. The van der Waals surface area contributed by atoms with Crippen LogP contribution in [-0.4, -0.2) is 31.5 Å². The molecule has 0 fully saturated rings. The number of benzene rings is 1. The van der Waals surface area contributed by atoms with Crippen LogP contribution >= 0.6 is 0 Å². The lowest BCUT2D eigenvalue weighted by atomic mass is 10.1. The van der Waals surface area contributed by atoms with E-state index in [1.54, 1.807) is 12.1 Å². The van der Waals surface area contributed by atoms with Crippen molar-refractivity contribution < 1.29 is 22.7 Å². The van der Waals surface area contributed by atoms with Gasteiger partial charge < -0.3 is 4.74 Å². The van der Waals surface area contributed by atoms with Crippen LogP contribution in [0.5, 0.6) is 0 Å². The topological polar surface area (TPSA) is 102 Å². The zero-order valence-corrected chi connectivity index (χ0v) is 14.0. The van der Waals surface area contributed by atoms with E-state index in [2.05, 4.69) is 4.98 Å². The van der Waals surface area contributed by atoms with Gasteiger partial charge in [-0.05, 0) is 30.7 Å². The summed E-state index contributed by atoms with van der Waals surface area (Å²) < 4.78 is 29.0. The monoisotopic (exact) mass is 348 g/mol. The van der Waals surface area contributed by atoms with Gasteiger partial charge in [0.1, 0.15) is 6.61 Å². The average molecular weight is 348 g/mol. The van der Waals surface area contributed by atoms with E-state index in [1.807, 2.05) is 23.8 Å². The summed E-state index contributed by atoms with van der Waals surface area (Å²) in [5.41, 5.74) is 1.81. The molecule has 0 bridgehead atoms. The zero-order valence-electron chi connectivity index (χ0n) is 13.1. The molecule has 8 heteroatoms. The summed E-state index contributed by atoms with van der Waals surface area (Å²) in [5.74, 6) is -1.23. The van der Waals surface area contributed by atoms with Crippen LogP contribution in [0.1, 0.15) is 32.0 Å². The molecule has 0 atom stereocenters. The third kappa shape index (κ3) is 4.88. The molecule has 1 aromatic carbocycles. The van der Waals surface area contributed by atoms with Gasteiger partial charge in [-0.2, -0.15) is 0 Å². The lowest BCUT2D eigenvalue weighted by Gasteiger charge is -2.07. The molecule has 2 aromatic rings. The molecule has 0 aliphatic rings. The normalized spacial score (nSPS) is 10.9. The fourth-order valence-electron chi connectivity index (χ4n) is 1.89. The Labute approximate surface area is 139 Å². The Kier molecular flexibility index (Phi) is 5.30. The van der Waals surface area contributed by atoms with Gasteiger partial charge in [-0.15, -0.1) is 0 Å². The van der Waals surface area contributed by atoms with Gasteiger partial charge in [0.05, 0.1) is 23.1 Å². The lowest BCUT2D eigenvalue weighted by Crippen LogP contribution is -2.29. The molecule has 0 saturated carbocycles. The summed E-state index contributed by atoms with van der Waals surface area (Å²) in [6, 6.07) is 9.95. The Morgan fingerprint density at radius 3 is 2.46 bits per heavy atom. The zero-order chi connectivity index (χ0) is 17.7. The number of ether oxygens (including phenoxy) is 1. The predicted octanol–water partition coefficient (Wildman–Crippen LogP) is 1.44. The number of carbonyl (C=O) groups excluding carboxylic acids is 2. The van der Waals surface area contributed by atoms with Crippen LogP contribution < -0.4 is 4.72 Å². The van der Waals surface area contributed by atoms with Crippen LogP contribution in [-0.2, 0) is 21.4 Å². The molecular formula is C16H16N2O5S. The maximum absolute atomic E-state index is 12.0. The van der Waals surface area contributed by atoms with Crippen molar-refractivity contribution in [3.05, 3.63) is 65.0 Å². The number of aromatic nitrogens is 1. The SMILES string of the molecule is Cc1ccccc1C(=O)OCc1ccc(C(=O)NS(C)(=O)=O)cn1. The molecule has 1 aromatic heterocycles. The van der Waals surface area contributed by atoms with Crippen LogP contribution in [0.2, 0.25) is 0 Å². The molecule has 0 radical (unpaired) electrons. The van der Waals surface area contributed by atoms with E-state index < -0.39 is 21.9 Å². The van der Waals surface area contributed by atoms with Crippen LogP contribution in [0, 0.1) is 6.92 Å². The molecule has 0 aliphatic heterocycles. The van der Waals surface area contributed by atoms with Gasteiger partial charge in [0, 0.05) is 6.20 Å². The number of sulfonamides is 1. The molecule has 2 rings (SSSR count). The van der Waals surface area contributed by atoms with Crippen LogP contribution in [0.3, 0.4) is 0 Å². The minimum Gasteiger partial charge on any atom is -0.456 e. The highest BCUT2D eigenvalue weighted by Gasteiger charge is 2.13. The molecular weight excluding hydrogens is 332 g/mol. The Morgan fingerprint density at radius 1 is 1.17 bits per heavy atom. The standard InChI is InChI=1S/C16H16N2O5S/c1-11-5-3-4-6-14(11)16(20)23-10-13-8-7-12(9-17-13)15(19)18-24(2,21)22/h3-9H,10H2,1-2H3,(H,18,19). The Bertz CT molecular complexity index is 860. The number of rotatable bonds is 5. The van der Waals surface area contributed by atoms with E-state index >= 15 is 0 Å². The number of nitrogens with one attached hydrogen (secondary N) is 1. The van der Waals surface area contributed by atoms with E-state index in [0.717, 1.165) is 11.8 Å². The second-order valence-corrected chi connectivity index (χ2v) is 6.88. The number of aryl methyl sites for hydroxylation is 1. The van der Waals surface area contributed by atoms with E-state index in [0.29, 0.717) is 11.3 Å². The molecule has 0 aliphatic carbocycles. The first kappa shape index (κ1) is 17.6. The van der Waals surface area contributed by atoms with Crippen molar-refractivity contribution in [2.45, 2.75) is 13.5 Å². The van der Waals surface area contributed by atoms with E-state index in [1.165, 1.54) is 18.3 Å². The van der Waals surface area contributed by atoms with Crippen molar-refractivity contribution in [3.8, 4) is 0 Å². The number of esters is 1. The molecule has 0 saturated heterocycles. The summed E-state index contributed by atoms with van der Waals surface area (Å²) in [4.78, 5) is 27.6. The molecule has 126 valence electrons. The number of hydrogen-bond acceptors (Lipinski definition) is 6. The summed E-state index contributed by atoms with van der Waals surface area (Å²) in [7, 11) is -3.63. The van der Waals surface area contributed by atoms with Crippen molar-refractivity contribution in [3.63, 3.8) is 0 Å². The number of nitrogens with zero attached hydrogens (tertiary/aromatic N) is 1. The lowest BCUT2D eigenvalue weighted by molar-refractivity contribution is 0.0466. The fourth-order valence-corrected chi connectivity index (χ4v) is 2.35. The highest BCUT2D eigenvalue weighted by Crippen LogP contribution is 2.10. The molecule has 7 nitrogen and oxygen atoms in total. The highest BCUT2D eigenvalue weighted by atomic mass is 32.2. The van der Waals surface area contributed by atoms with Crippen molar-refractivity contribution >= 4 is 21.9 Å². The number of carbonyl (C=O) groups is 2. The second kappa shape index (κ2) is 7.22. The minimum atomic E-state index is -3.63. The third-order valence-electron chi connectivity index (χ3n) is 3.08. The average Bonchev–Trinajstić information content (AvgIpc) is 2.52. The molecule has 0 unspecified atom stereocenters. The van der Waals surface area contributed by atoms with E-state index in [9.17, 15) is 18.0 Å². The Morgan fingerprint density at radius 2 is 1.88 bits per heavy atom. The largest absolute Gasteiger partial charge is 0.456 e. The van der Waals surface area contributed by atoms with Gasteiger partial charge in [0.2, 0.25) is 10.0 Å². The van der Waals surface area contributed by atoms with Crippen LogP contribution in [0.15, 0.2) is 42.6 Å². The molecule has 1 heterocycles. The maximum atomic E-state index is 12.0. The summed E-state index contributed by atoms with van der Waals surface area (Å²) in [6.07, 6.45) is 2.11. The summed E-state index contributed by atoms with van der Waals surface area (Å²) in [5, 5.41) is 0. The van der Waals surface area contributed by atoms with Crippen molar-refractivity contribution in [2.24, 2.45) is 0 Å².